The number of amides is 1. The molecule has 0 fully saturated rings. The van der Waals surface area contributed by atoms with Gasteiger partial charge in [-0.25, -0.2) is 13.4 Å². The summed E-state index contributed by atoms with van der Waals surface area (Å²) in [6.07, 6.45) is 1.73. The Morgan fingerprint density at radius 3 is 2.39 bits per heavy atom. The molecule has 33 heavy (non-hydrogen) atoms. The van der Waals surface area contributed by atoms with Gasteiger partial charge in [-0.05, 0) is 37.1 Å². The van der Waals surface area contributed by atoms with E-state index in [0.717, 1.165) is 29.9 Å². The lowest BCUT2D eigenvalue weighted by molar-refractivity contribution is -0.121. The Morgan fingerprint density at radius 2 is 1.76 bits per heavy atom. The standard InChI is InChI=1S/C25H34N4O3S/c1-5-16-29-23-13-12-21(33(31,32)28(6-2)7-3)17-22(23)27-24(29)14-15-25(30)26-18-20-10-8-19(4)9-11-20/h8-13,17H,5-7,14-16,18H2,1-4H3,(H,26,30). The van der Waals surface area contributed by atoms with Crippen LogP contribution in [-0.2, 0) is 34.3 Å². The lowest BCUT2D eigenvalue weighted by Crippen LogP contribution is -2.30. The third-order valence-corrected chi connectivity index (χ3v) is 7.82. The lowest BCUT2D eigenvalue weighted by atomic mass is 10.1. The zero-order chi connectivity index (χ0) is 24.0. The number of hydrogen-bond acceptors (Lipinski definition) is 4. The highest BCUT2D eigenvalue weighted by Crippen LogP contribution is 2.24. The minimum atomic E-state index is -3.55. The molecule has 7 nitrogen and oxygen atoms in total. The fourth-order valence-electron chi connectivity index (χ4n) is 3.92. The zero-order valence-corrected chi connectivity index (χ0v) is 20.8. The van der Waals surface area contributed by atoms with Crippen LogP contribution in [0, 0.1) is 6.92 Å². The first-order valence-electron chi connectivity index (χ1n) is 11.6. The molecule has 1 amide bonds. The normalized spacial score (nSPS) is 11.9. The Hall–Kier alpha value is -2.71. The summed E-state index contributed by atoms with van der Waals surface area (Å²) in [5, 5.41) is 2.97. The van der Waals surface area contributed by atoms with Gasteiger partial charge in [0.1, 0.15) is 5.82 Å². The van der Waals surface area contributed by atoms with Gasteiger partial charge in [0.05, 0.1) is 15.9 Å². The van der Waals surface area contributed by atoms with E-state index in [1.165, 1.54) is 9.87 Å². The minimum Gasteiger partial charge on any atom is -0.352 e. The average molecular weight is 471 g/mol. The highest BCUT2D eigenvalue weighted by Gasteiger charge is 2.23. The Balaban J connectivity index is 1.76. The Bertz CT molecular complexity index is 1200. The molecule has 0 spiro atoms. The number of hydrogen-bond donors (Lipinski definition) is 1. The van der Waals surface area contributed by atoms with Gasteiger partial charge >= 0.3 is 0 Å². The van der Waals surface area contributed by atoms with E-state index in [1.54, 1.807) is 12.1 Å². The van der Waals surface area contributed by atoms with E-state index in [-0.39, 0.29) is 10.8 Å². The average Bonchev–Trinajstić information content (AvgIpc) is 3.15. The molecule has 0 saturated carbocycles. The number of imidazole rings is 1. The molecule has 1 heterocycles. The van der Waals surface area contributed by atoms with Crippen molar-refractivity contribution in [2.45, 2.75) is 64.9 Å². The van der Waals surface area contributed by atoms with Crippen molar-refractivity contribution in [2.75, 3.05) is 13.1 Å². The second kappa shape index (κ2) is 10.9. The topological polar surface area (TPSA) is 84.3 Å². The highest BCUT2D eigenvalue weighted by molar-refractivity contribution is 7.89. The molecule has 0 atom stereocenters. The molecule has 0 radical (unpaired) electrons. The molecule has 8 heteroatoms. The summed E-state index contributed by atoms with van der Waals surface area (Å²) >= 11 is 0. The number of fused-ring (bicyclic) bond motifs is 1. The first kappa shape index (κ1) is 24.9. The van der Waals surface area contributed by atoms with Gasteiger partial charge in [0.2, 0.25) is 15.9 Å². The van der Waals surface area contributed by atoms with Crippen molar-refractivity contribution in [2.24, 2.45) is 0 Å². The van der Waals surface area contributed by atoms with E-state index in [4.69, 9.17) is 4.98 Å². The number of nitrogens with one attached hydrogen (secondary N) is 1. The molecule has 0 unspecified atom stereocenters. The maximum atomic E-state index is 12.9. The zero-order valence-electron chi connectivity index (χ0n) is 20.0. The summed E-state index contributed by atoms with van der Waals surface area (Å²) in [7, 11) is -3.55. The van der Waals surface area contributed by atoms with Gasteiger partial charge in [-0.1, -0.05) is 50.6 Å². The molecule has 0 aliphatic carbocycles. The summed E-state index contributed by atoms with van der Waals surface area (Å²) in [6, 6.07) is 13.2. The first-order chi connectivity index (χ1) is 15.8. The van der Waals surface area contributed by atoms with Crippen LogP contribution >= 0.6 is 0 Å². The van der Waals surface area contributed by atoms with Crippen LogP contribution in [0.4, 0.5) is 0 Å². The molecule has 3 aromatic rings. The van der Waals surface area contributed by atoms with E-state index in [2.05, 4.69) is 16.8 Å². The van der Waals surface area contributed by atoms with E-state index < -0.39 is 10.0 Å². The number of aromatic nitrogens is 2. The molecular weight excluding hydrogens is 436 g/mol. The number of sulfonamides is 1. The van der Waals surface area contributed by atoms with Gasteiger partial charge in [-0.3, -0.25) is 4.79 Å². The van der Waals surface area contributed by atoms with Crippen LogP contribution in [0.25, 0.3) is 11.0 Å². The third kappa shape index (κ3) is 5.81. The van der Waals surface area contributed by atoms with Crippen molar-refractivity contribution in [1.29, 1.82) is 0 Å². The SMILES string of the molecule is CCCn1c(CCC(=O)NCc2ccc(C)cc2)nc2cc(S(=O)(=O)N(CC)CC)ccc21. The largest absolute Gasteiger partial charge is 0.352 e. The molecule has 0 bridgehead atoms. The molecule has 178 valence electrons. The molecule has 3 rings (SSSR count). The summed E-state index contributed by atoms with van der Waals surface area (Å²) in [5.74, 6) is 0.769. The van der Waals surface area contributed by atoms with Crippen molar-refractivity contribution in [3.63, 3.8) is 0 Å². The summed E-state index contributed by atoms with van der Waals surface area (Å²) in [6.45, 7) is 9.88. The maximum absolute atomic E-state index is 12.9. The number of carbonyl (C=O) groups excluding carboxylic acids is 1. The predicted molar refractivity (Wildman–Crippen MR) is 131 cm³/mol. The van der Waals surface area contributed by atoms with Crippen molar-refractivity contribution < 1.29 is 13.2 Å². The second-order valence-corrected chi connectivity index (χ2v) is 10.1. The van der Waals surface area contributed by atoms with E-state index in [1.807, 2.05) is 51.1 Å². The molecular formula is C25H34N4O3S. The molecule has 2 aromatic carbocycles. The fourth-order valence-corrected chi connectivity index (χ4v) is 5.40. The second-order valence-electron chi connectivity index (χ2n) is 8.18. The minimum absolute atomic E-state index is 0.0320. The van der Waals surface area contributed by atoms with Crippen molar-refractivity contribution in [3.8, 4) is 0 Å². The van der Waals surface area contributed by atoms with Crippen LogP contribution in [0.2, 0.25) is 0 Å². The van der Waals surface area contributed by atoms with Gasteiger partial charge in [0.25, 0.3) is 0 Å². The van der Waals surface area contributed by atoms with E-state index in [9.17, 15) is 13.2 Å². The Morgan fingerprint density at radius 1 is 1.06 bits per heavy atom. The van der Waals surface area contributed by atoms with Crippen LogP contribution in [0.5, 0.6) is 0 Å². The lowest BCUT2D eigenvalue weighted by Gasteiger charge is -2.18. The number of benzene rings is 2. The predicted octanol–water partition coefficient (Wildman–Crippen LogP) is 4.03. The monoisotopic (exact) mass is 470 g/mol. The van der Waals surface area contributed by atoms with Crippen molar-refractivity contribution in [1.82, 2.24) is 19.2 Å². The van der Waals surface area contributed by atoms with Gasteiger partial charge < -0.3 is 9.88 Å². The fraction of sp³-hybridized carbons (Fsp3) is 0.440. The highest BCUT2D eigenvalue weighted by atomic mass is 32.2. The van der Waals surface area contributed by atoms with Crippen molar-refractivity contribution in [3.05, 3.63) is 59.4 Å². The van der Waals surface area contributed by atoms with E-state index >= 15 is 0 Å². The van der Waals surface area contributed by atoms with Crippen LogP contribution in [-0.4, -0.2) is 41.3 Å². The molecule has 1 N–H and O–H groups in total. The van der Waals surface area contributed by atoms with Crippen LogP contribution in [0.3, 0.4) is 0 Å². The third-order valence-electron chi connectivity index (χ3n) is 5.78. The Kier molecular flexibility index (Phi) is 8.26. The number of rotatable bonds is 11. The molecule has 0 aliphatic rings. The number of nitrogens with zero attached hydrogens (tertiary/aromatic N) is 3. The molecule has 0 aliphatic heterocycles. The first-order valence-corrected chi connectivity index (χ1v) is 13.1. The molecule has 0 saturated heterocycles. The smallest absolute Gasteiger partial charge is 0.243 e. The van der Waals surface area contributed by atoms with Gasteiger partial charge in [-0.15, -0.1) is 0 Å². The van der Waals surface area contributed by atoms with Crippen molar-refractivity contribution >= 4 is 27.0 Å². The number of carbonyl (C=O) groups is 1. The summed E-state index contributed by atoms with van der Waals surface area (Å²) in [4.78, 5) is 17.4. The quantitative estimate of drug-likeness (QED) is 0.458. The van der Waals surface area contributed by atoms with E-state index in [0.29, 0.717) is 38.0 Å². The summed E-state index contributed by atoms with van der Waals surface area (Å²) in [5.41, 5.74) is 3.79. The van der Waals surface area contributed by atoms with Gasteiger partial charge in [0.15, 0.2) is 0 Å². The number of aryl methyl sites for hydroxylation is 3. The Labute approximate surface area is 196 Å². The van der Waals surface area contributed by atoms with Crippen LogP contribution in [0.1, 0.15) is 50.6 Å². The van der Waals surface area contributed by atoms with Gasteiger partial charge in [0, 0.05) is 39.0 Å². The molecule has 1 aromatic heterocycles. The maximum Gasteiger partial charge on any atom is 0.243 e. The van der Waals surface area contributed by atoms with Crippen LogP contribution in [0.15, 0.2) is 47.4 Å². The summed E-state index contributed by atoms with van der Waals surface area (Å²) < 4.78 is 29.4. The van der Waals surface area contributed by atoms with Crippen LogP contribution < -0.4 is 5.32 Å². The van der Waals surface area contributed by atoms with Gasteiger partial charge in [-0.2, -0.15) is 4.31 Å².